The minimum absolute atomic E-state index is 0.0499. The van der Waals surface area contributed by atoms with Gasteiger partial charge >= 0.3 is 0 Å². The van der Waals surface area contributed by atoms with Gasteiger partial charge in [-0.1, -0.05) is 27.5 Å². The molecule has 0 saturated heterocycles. The van der Waals surface area contributed by atoms with Crippen LogP contribution in [0.2, 0.25) is 5.02 Å². The lowest BCUT2D eigenvalue weighted by Gasteiger charge is -2.07. The van der Waals surface area contributed by atoms with Crippen LogP contribution >= 0.6 is 27.5 Å². The van der Waals surface area contributed by atoms with Gasteiger partial charge in [-0.15, -0.1) is 0 Å². The molecule has 0 aliphatic carbocycles. The highest BCUT2D eigenvalue weighted by Gasteiger charge is 2.03. The maximum absolute atomic E-state index is 11.9. The minimum atomic E-state index is -0.0499. The number of ether oxygens (including phenoxy) is 1. The maximum Gasteiger partial charge on any atom is 0.251 e. The number of hydrogen-bond donors (Lipinski definition) is 1. The second kappa shape index (κ2) is 8.81. The molecule has 2 rings (SSSR count). The second-order valence-electron chi connectivity index (χ2n) is 4.77. The molecule has 1 N–H and O–H groups in total. The van der Waals surface area contributed by atoms with Crippen molar-refractivity contribution in [2.24, 2.45) is 0 Å². The highest BCUT2D eigenvalue weighted by molar-refractivity contribution is 9.10. The Kier molecular flexibility index (Phi) is 6.74. The van der Waals surface area contributed by atoms with Crippen molar-refractivity contribution in [3.8, 4) is 5.75 Å². The number of carbonyl (C=O) groups is 1. The van der Waals surface area contributed by atoms with Crippen molar-refractivity contribution in [1.82, 2.24) is 5.32 Å². The SMILES string of the molecule is O=C(NCCCCOc1ccc(Cl)cc1)c1ccc(Br)cc1. The number of rotatable bonds is 7. The molecule has 0 atom stereocenters. The first-order valence-electron chi connectivity index (χ1n) is 7.07. The van der Waals surface area contributed by atoms with Gasteiger partial charge < -0.3 is 10.1 Å². The van der Waals surface area contributed by atoms with E-state index < -0.39 is 0 Å². The molecule has 116 valence electrons. The fraction of sp³-hybridized carbons (Fsp3) is 0.235. The topological polar surface area (TPSA) is 38.3 Å². The van der Waals surface area contributed by atoms with Gasteiger partial charge in [0, 0.05) is 21.6 Å². The van der Waals surface area contributed by atoms with E-state index in [0.29, 0.717) is 23.7 Å². The zero-order valence-corrected chi connectivity index (χ0v) is 14.4. The molecule has 0 heterocycles. The average Bonchev–Trinajstić information content (AvgIpc) is 2.53. The van der Waals surface area contributed by atoms with Gasteiger partial charge in [0.25, 0.3) is 5.91 Å². The normalized spacial score (nSPS) is 10.3. The Morgan fingerprint density at radius 1 is 1.05 bits per heavy atom. The monoisotopic (exact) mass is 381 g/mol. The molecule has 1 amide bonds. The number of amides is 1. The van der Waals surface area contributed by atoms with E-state index in [0.717, 1.165) is 23.1 Å². The van der Waals surface area contributed by atoms with Crippen LogP contribution in [0, 0.1) is 0 Å². The summed E-state index contributed by atoms with van der Waals surface area (Å²) in [7, 11) is 0. The van der Waals surface area contributed by atoms with Crippen LogP contribution in [-0.2, 0) is 0 Å². The van der Waals surface area contributed by atoms with Crippen LogP contribution in [0.25, 0.3) is 0 Å². The Morgan fingerprint density at radius 2 is 1.73 bits per heavy atom. The van der Waals surface area contributed by atoms with E-state index in [9.17, 15) is 4.79 Å². The van der Waals surface area contributed by atoms with Gasteiger partial charge in [0.1, 0.15) is 5.75 Å². The van der Waals surface area contributed by atoms with Gasteiger partial charge in [-0.3, -0.25) is 4.79 Å². The van der Waals surface area contributed by atoms with Gasteiger partial charge in [0.2, 0.25) is 0 Å². The molecule has 0 radical (unpaired) electrons. The van der Waals surface area contributed by atoms with Crippen LogP contribution in [0.15, 0.2) is 53.0 Å². The third-order valence-corrected chi connectivity index (χ3v) is 3.83. The van der Waals surface area contributed by atoms with E-state index in [1.54, 1.807) is 24.3 Å². The van der Waals surface area contributed by atoms with Gasteiger partial charge in [-0.2, -0.15) is 0 Å². The Balaban J connectivity index is 1.60. The first kappa shape index (κ1) is 16.8. The molecular weight excluding hydrogens is 366 g/mol. The molecule has 0 bridgehead atoms. The molecule has 2 aromatic rings. The van der Waals surface area contributed by atoms with Crippen molar-refractivity contribution in [1.29, 1.82) is 0 Å². The van der Waals surface area contributed by atoms with E-state index in [-0.39, 0.29) is 5.91 Å². The molecule has 0 aromatic heterocycles. The van der Waals surface area contributed by atoms with Gasteiger partial charge in [-0.25, -0.2) is 0 Å². The molecule has 0 fully saturated rings. The lowest BCUT2D eigenvalue weighted by atomic mass is 10.2. The largest absolute Gasteiger partial charge is 0.494 e. The van der Waals surface area contributed by atoms with Crippen molar-refractivity contribution in [3.63, 3.8) is 0 Å². The van der Waals surface area contributed by atoms with Crippen LogP contribution in [-0.4, -0.2) is 19.1 Å². The third-order valence-electron chi connectivity index (χ3n) is 3.05. The van der Waals surface area contributed by atoms with E-state index in [2.05, 4.69) is 21.2 Å². The molecule has 0 saturated carbocycles. The zero-order chi connectivity index (χ0) is 15.8. The Labute approximate surface area is 143 Å². The number of benzene rings is 2. The number of nitrogens with one attached hydrogen (secondary N) is 1. The molecule has 3 nitrogen and oxygen atoms in total. The number of halogens is 2. The second-order valence-corrected chi connectivity index (χ2v) is 6.12. The minimum Gasteiger partial charge on any atom is -0.494 e. The summed E-state index contributed by atoms with van der Waals surface area (Å²) >= 11 is 9.15. The molecule has 0 aliphatic rings. The number of hydrogen-bond acceptors (Lipinski definition) is 2. The average molecular weight is 383 g/mol. The lowest BCUT2D eigenvalue weighted by molar-refractivity contribution is 0.0952. The lowest BCUT2D eigenvalue weighted by Crippen LogP contribution is -2.24. The number of carbonyl (C=O) groups excluding carboxylic acids is 1. The molecular formula is C17H17BrClNO2. The van der Waals surface area contributed by atoms with E-state index in [1.165, 1.54) is 0 Å². The fourth-order valence-corrected chi connectivity index (χ4v) is 2.24. The Hall–Kier alpha value is -1.52. The molecule has 2 aromatic carbocycles. The highest BCUT2D eigenvalue weighted by Crippen LogP contribution is 2.15. The molecule has 0 spiro atoms. The van der Waals surface area contributed by atoms with Crippen molar-refractivity contribution in [2.45, 2.75) is 12.8 Å². The van der Waals surface area contributed by atoms with Gasteiger partial charge in [-0.05, 0) is 61.4 Å². The quantitative estimate of drug-likeness (QED) is 0.705. The van der Waals surface area contributed by atoms with E-state index in [1.807, 2.05) is 24.3 Å². The van der Waals surface area contributed by atoms with Crippen LogP contribution in [0.5, 0.6) is 5.75 Å². The highest BCUT2D eigenvalue weighted by atomic mass is 79.9. The summed E-state index contributed by atoms with van der Waals surface area (Å²) in [5.74, 6) is 0.759. The standard InChI is InChI=1S/C17H17BrClNO2/c18-14-5-3-13(4-6-14)17(21)20-11-1-2-12-22-16-9-7-15(19)8-10-16/h3-10H,1-2,11-12H2,(H,20,21). The van der Waals surface area contributed by atoms with Gasteiger partial charge in [0.15, 0.2) is 0 Å². The predicted molar refractivity (Wildman–Crippen MR) is 92.7 cm³/mol. The summed E-state index contributed by atoms with van der Waals surface area (Å²) in [6.45, 7) is 1.26. The van der Waals surface area contributed by atoms with Crippen molar-refractivity contribution >= 4 is 33.4 Å². The molecule has 0 aliphatic heterocycles. The maximum atomic E-state index is 11.9. The summed E-state index contributed by atoms with van der Waals surface area (Å²) in [5.41, 5.74) is 0.667. The molecule has 0 unspecified atom stereocenters. The Morgan fingerprint density at radius 3 is 2.41 bits per heavy atom. The molecule has 22 heavy (non-hydrogen) atoms. The van der Waals surface area contributed by atoms with Crippen LogP contribution < -0.4 is 10.1 Å². The summed E-state index contributed by atoms with van der Waals surface area (Å²) in [6, 6.07) is 14.6. The van der Waals surface area contributed by atoms with E-state index in [4.69, 9.17) is 16.3 Å². The molecule has 5 heteroatoms. The third kappa shape index (κ3) is 5.70. The first-order chi connectivity index (χ1) is 10.6. The van der Waals surface area contributed by atoms with Crippen molar-refractivity contribution in [3.05, 3.63) is 63.6 Å². The predicted octanol–water partition coefficient (Wildman–Crippen LogP) is 4.69. The van der Waals surface area contributed by atoms with Crippen molar-refractivity contribution < 1.29 is 9.53 Å². The summed E-state index contributed by atoms with van der Waals surface area (Å²) in [6.07, 6.45) is 1.75. The van der Waals surface area contributed by atoms with Crippen LogP contribution in [0.1, 0.15) is 23.2 Å². The smallest absolute Gasteiger partial charge is 0.251 e. The first-order valence-corrected chi connectivity index (χ1v) is 8.24. The summed E-state index contributed by atoms with van der Waals surface area (Å²) in [5, 5.41) is 3.59. The summed E-state index contributed by atoms with van der Waals surface area (Å²) < 4.78 is 6.55. The zero-order valence-electron chi connectivity index (χ0n) is 12.0. The van der Waals surface area contributed by atoms with Gasteiger partial charge in [0.05, 0.1) is 6.61 Å². The van der Waals surface area contributed by atoms with E-state index >= 15 is 0 Å². The van der Waals surface area contributed by atoms with Crippen molar-refractivity contribution in [2.75, 3.05) is 13.2 Å². The number of unbranched alkanes of at least 4 members (excludes halogenated alkanes) is 1. The fourth-order valence-electron chi connectivity index (χ4n) is 1.85. The van der Waals surface area contributed by atoms with Crippen LogP contribution in [0.3, 0.4) is 0 Å². The Bertz CT molecular complexity index is 599. The summed E-state index contributed by atoms with van der Waals surface area (Å²) in [4.78, 5) is 11.9. The van der Waals surface area contributed by atoms with Crippen LogP contribution in [0.4, 0.5) is 0 Å².